The van der Waals surface area contributed by atoms with E-state index < -0.39 is 34.3 Å². The highest BCUT2D eigenvalue weighted by atomic mass is 19.4. The van der Waals surface area contributed by atoms with E-state index >= 15 is 0 Å². The first kappa shape index (κ1) is 18.3. The van der Waals surface area contributed by atoms with Gasteiger partial charge in [0.2, 0.25) is 5.91 Å². The second-order valence-electron chi connectivity index (χ2n) is 5.15. The van der Waals surface area contributed by atoms with Crippen molar-refractivity contribution in [3.05, 3.63) is 58.0 Å². The summed E-state index contributed by atoms with van der Waals surface area (Å²) in [6.07, 6.45) is -3.26. The van der Waals surface area contributed by atoms with Crippen molar-refractivity contribution in [3.63, 3.8) is 0 Å². The molecule has 2 aromatic rings. The molecule has 0 bridgehead atoms. The van der Waals surface area contributed by atoms with Crippen molar-refractivity contribution in [3.8, 4) is 0 Å². The van der Waals surface area contributed by atoms with Crippen LogP contribution in [-0.2, 0) is 17.5 Å². The summed E-state index contributed by atoms with van der Waals surface area (Å²) in [6, 6.07) is 4.45. The van der Waals surface area contributed by atoms with Crippen molar-refractivity contribution in [2.24, 2.45) is 0 Å². The number of hydrogen-bond acceptors (Lipinski definition) is 5. The topological polar surface area (TPSA) is 97.4 Å². The number of nitro benzene ring substituents is 1. The molecule has 1 aromatic carbocycles. The fourth-order valence-corrected chi connectivity index (χ4v) is 2.02. The van der Waals surface area contributed by atoms with Gasteiger partial charge in [-0.1, -0.05) is 0 Å². The second kappa shape index (κ2) is 7.24. The van der Waals surface area contributed by atoms with Gasteiger partial charge in [-0.15, -0.1) is 0 Å². The Morgan fingerprint density at radius 3 is 2.64 bits per heavy atom. The lowest BCUT2D eigenvalue weighted by atomic mass is 10.1. The lowest BCUT2D eigenvalue weighted by Gasteiger charge is -2.16. The minimum absolute atomic E-state index is 0.118. The Morgan fingerprint density at radius 1 is 1.36 bits per heavy atom. The molecule has 2 rings (SSSR count). The molecule has 0 saturated carbocycles. The summed E-state index contributed by atoms with van der Waals surface area (Å²) < 4.78 is 43.1. The predicted octanol–water partition coefficient (Wildman–Crippen LogP) is 3.32. The molecule has 1 heterocycles. The predicted molar refractivity (Wildman–Crippen MR) is 81.7 cm³/mol. The van der Waals surface area contributed by atoms with Gasteiger partial charge in [-0.05, 0) is 31.2 Å². The molecule has 1 atom stereocenters. The number of hydrogen-bond donors (Lipinski definition) is 2. The standard InChI is InChI=1S/C15H14F3N3O4/c1-9(14(22)19-8-11-3-2-6-25-11)20-12-5-4-10(15(16,17)18)7-13(12)21(23)24/h2-7,9,20H,8H2,1H3,(H,19,22). The van der Waals surface area contributed by atoms with Gasteiger partial charge >= 0.3 is 6.18 Å². The molecule has 0 spiro atoms. The molecule has 25 heavy (non-hydrogen) atoms. The number of nitrogens with one attached hydrogen (secondary N) is 2. The average molecular weight is 357 g/mol. The number of halogens is 3. The molecule has 0 aliphatic carbocycles. The van der Waals surface area contributed by atoms with Gasteiger partial charge in [0.25, 0.3) is 5.69 Å². The number of rotatable bonds is 6. The Kier molecular flexibility index (Phi) is 5.30. The third-order valence-electron chi connectivity index (χ3n) is 3.30. The van der Waals surface area contributed by atoms with E-state index in [1.54, 1.807) is 12.1 Å². The van der Waals surface area contributed by atoms with Gasteiger partial charge in [0.15, 0.2) is 0 Å². The van der Waals surface area contributed by atoms with Gasteiger partial charge in [-0.25, -0.2) is 0 Å². The van der Waals surface area contributed by atoms with E-state index in [0.717, 1.165) is 6.07 Å². The minimum atomic E-state index is -4.70. The number of nitro groups is 1. The lowest BCUT2D eigenvalue weighted by Crippen LogP contribution is -2.37. The van der Waals surface area contributed by atoms with E-state index in [9.17, 15) is 28.1 Å². The van der Waals surface area contributed by atoms with Gasteiger partial charge in [-0.3, -0.25) is 14.9 Å². The summed E-state index contributed by atoms with van der Waals surface area (Å²) in [5.74, 6) is 0.0201. The van der Waals surface area contributed by atoms with Crippen LogP contribution >= 0.6 is 0 Å². The summed E-state index contributed by atoms with van der Waals surface area (Å²) in [7, 11) is 0. The molecule has 1 unspecified atom stereocenters. The molecular weight excluding hydrogens is 343 g/mol. The molecule has 1 amide bonds. The Labute approximate surface area is 140 Å². The average Bonchev–Trinajstić information content (AvgIpc) is 3.05. The van der Waals surface area contributed by atoms with E-state index in [-0.39, 0.29) is 12.2 Å². The van der Waals surface area contributed by atoms with Crippen LogP contribution in [0.3, 0.4) is 0 Å². The maximum atomic E-state index is 12.7. The van der Waals surface area contributed by atoms with E-state index in [2.05, 4.69) is 10.6 Å². The molecule has 1 aromatic heterocycles. The zero-order chi connectivity index (χ0) is 18.6. The van der Waals surface area contributed by atoms with Crippen LogP contribution in [0.4, 0.5) is 24.5 Å². The Bertz CT molecular complexity index is 760. The minimum Gasteiger partial charge on any atom is -0.467 e. The first-order valence-electron chi connectivity index (χ1n) is 7.10. The molecule has 0 aliphatic heterocycles. The summed E-state index contributed by atoms with van der Waals surface area (Å²) in [4.78, 5) is 22.1. The van der Waals surface area contributed by atoms with E-state index in [1.807, 2.05) is 0 Å². The fourth-order valence-electron chi connectivity index (χ4n) is 2.02. The molecule has 0 fully saturated rings. The molecule has 0 radical (unpaired) electrons. The maximum absolute atomic E-state index is 12.7. The van der Waals surface area contributed by atoms with Crippen LogP contribution in [0.5, 0.6) is 0 Å². The van der Waals surface area contributed by atoms with E-state index in [0.29, 0.717) is 17.9 Å². The highest BCUT2D eigenvalue weighted by Gasteiger charge is 2.33. The highest BCUT2D eigenvalue weighted by molar-refractivity contribution is 5.85. The molecule has 0 saturated heterocycles. The summed E-state index contributed by atoms with van der Waals surface area (Å²) in [5.41, 5.74) is -2.08. The van der Waals surface area contributed by atoms with Crippen molar-refractivity contribution in [1.82, 2.24) is 5.32 Å². The third kappa shape index (κ3) is 4.72. The number of nitrogens with zero attached hydrogens (tertiary/aromatic N) is 1. The zero-order valence-corrected chi connectivity index (χ0v) is 13.0. The van der Waals surface area contributed by atoms with E-state index in [4.69, 9.17) is 4.42 Å². The van der Waals surface area contributed by atoms with Gasteiger partial charge < -0.3 is 15.1 Å². The maximum Gasteiger partial charge on any atom is 0.416 e. The van der Waals surface area contributed by atoms with Gasteiger partial charge in [0.1, 0.15) is 17.5 Å². The highest BCUT2D eigenvalue weighted by Crippen LogP contribution is 2.35. The molecule has 2 N–H and O–H groups in total. The molecule has 10 heteroatoms. The number of carbonyl (C=O) groups excluding carboxylic acids is 1. The van der Waals surface area contributed by atoms with Crippen molar-refractivity contribution < 1.29 is 27.3 Å². The Morgan fingerprint density at radius 2 is 2.08 bits per heavy atom. The number of benzene rings is 1. The number of amides is 1. The first-order valence-corrected chi connectivity index (χ1v) is 7.10. The zero-order valence-electron chi connectivity index (χ0n) is 13.0. The van der Waals surface area contributed by atoms with Crippen LogP contribution in [0.25, 0.3) is 0 Å². The summed E-state index contributed by atoms with van der Waals surface area (Å²) in [5, 5.41) is 16.1. The van der Waals surface area contributed by atoms with Crippen LogP contribution in [-0.4, -0.2) is 16.9 Å². The number of carbonyl (C=O) groups is 1. The third-order valence-corrected chi connectivity index (χ3v) is 3.30. The van der Waals surface area contributed by atoms with Crippen LogP contribution in [0, 0.1) is 10.1 Å². The monoisotopic (exact) mass is 357 g/mol. The quantitative estimate of drug-likeness (QED) is 0.610. The van der Waals surface area contributed by atoms with Crippen LogP contribution in [0.1, 0.15) is 18.2 Å². The first-order chi connectivity index (χ1) is 11.7. The largest absolute Gasteiger partial charge is 0.467 e. The van der Waals surface area contributed by atoms with Crippen molar-refractivity contribution in [1.29, 1.82) is 0 Å². The normalized spacial score (nSPS) is 12.5. The number of anilines is 1. The van der Waals surface area contributed by atoms with Gasteiger partial charge in [-0.2, -0.15) is 13.2 Å². The summed E-state index contributed by atoms with van der Waals surface area (Å²) >= 11 is 0. The lowest BCUT2D eigenvalue weighted by molar-refractivity contribution is -0.384. The molecule has 0 aliphatic rings. The number of furan rings is 1. The van der Waals surface area contributed by atoms with Crippen molar-refractivity contribution in [2.75, 3.05) is 5.32 Å². The molecule has 134 valence electrons. The van der Waals surface area contributed by atoms with Gasteiger partial charge in [0.05, 0.1) is 23.3 Å². The molecular formula is C15H14F3N3O4. The fraction of sp³-hybridized carbons (Fsp3) is 0.267. The van der Waals surface area contributed by atoms with Gasteiger partial charge in [0, 0.05) is 6.07 Å². The Hall–Kier alpha value is -3.04. The SMILES string of the molecule is CC(Nc1ccc(C(F)(F)F)cc1[N+](=O)[O-])C(=O)NCc1ccco1. The van der Waals surface area contributed by atoms with Crippen LogP contribution < -0.4 is 10.6 Å². The van der Waals surface area contributed by atoms with Crippen molar-refractivity contribution >= 4 is 17.3 Å². The van der Waals surface area contributed by atoms with Crippen LogP contribution in [0.2, 0.25) is 0 Å². The second-order valence-corrected chi connectivity index (χ2v) is 5.15. The molecule has 7 nitrogen and oxygen atoms in total. The Balaban J connectivity index is 2.09. The summed E-state index contributed by atoms with van der Waals surface area (Å²) in [6.45, 7) is 1.55. The smallest absolute Gasteiger partial charge is 0.416 e. The number of alkyl halides is 3. The van der Waals surface area contributed by atoms with Crippen LogP contribution in [0.15, 0.2) is 41.0 Å². The van der Waals surface area contributed by atoms with E-state index in [1.165, 1.54) is 13.2 Å². The van der Waals surface area contributed by atoms with Crippen molar-refractivity contribution in [2.45, 2.75) is 25.7 Å².